The summed E-state index contributed by atoms with van der Waals surface area (Å²) in [6.07, 6.45) is 4.65. The molecule has 0 aliphatic rings. The number of carbonyl (C=O) groups excluding carboxylic acids is 1. The second-order valence-corrected chi connectivity index (χ2v) is 8.33. The molecule has 0 atom stereocenters. The molecule has 2 aromatic rings. The zero-order chi connectivity index (χ0) is 20.0. The highest BCUT2D eigenvalue weighted by atomic mass is 16.5. The number of carbonyl (C=O) groups is 1. The molecule has 0 aliphatic carbocycles. The van der Waals surface area contributed by atoms with Crippen molar-refractivity contribution in [2.24, 2.45) is 0 Å². The van der Waals surface area contributed by atoms with Crippen LogP contribution < -0.4 is 4.74 Å². The largest absolute Gasteiger partial charge is 0.460 e. The Morgan fingerprint density at radius 1 is 1.11 bits per heavy atom. The van der Waals surface area contributed by atoms with E-state index in [1.165, 1.54) is 10.2 Å². The summed E-state index contributed by atoms with van der Waals surface area (Å²) >= 11 is 0. The van der Waals surface area contributed by atoms with Gasteiger partial charge in [0.2, 0.25) is 5.91 Å². The standard InChI is InChI=1S/C22H33N3O2/c1-7-8-9-10-11-19(26)25-20(23-21(24-25)27-16(2)3)17-12-14-18(15-13-17)22(4,5)6/h12-16H,7-11H2,1-6H3. The van der Waals surface area contributed by atoms with Crippen molar-refractivity contribution in [3.63, 3.8) is 0 Å². The topological polar surface area (TPSA) is 57.0 Å². The molecule has 148 valence electrons. The average Bonchev–Trinajstić information content (AvgIpc) is 3.01. The van der Waals surface area contributed by atoms with Gasteiger partial charge in [0.15, 0.2) is 5.82 Å². The maximum absolute atomic E-state index is 12.7. The molecule has 0 radical (unpaired) electrons. The molecule has 5 nitrogen and oxygen atoms in total. The Morgan fingerprint density at radius 3 is 2.33 bits per heavy atom. The lowest BCUT2D eigenvalue weighted by atomic mass is 9.87. The number of nitrogens with zero attached hydrogens (tertiary/aromatic N) is 3. The Bertz CT molecular complexity index is 740. The van der Waals surface area contributed by atoms with Gasteiger partial charge in [-0.3, -0.25) is 4.79 Å². The third-order valence-corrected chi connectivity index (χ3v) is 4.42. The van der Waals surface area contributed by atoms with Crippen LogP contribution in [0.5, 0.6) is 6.01 Å². The number of aromatic nitrogens is 3. The Labute approximate surface area is 163 Å². The van der Waals surface area contributed by atoms with Crippen LogP contribution in [0.4, 0.5) is 0 Å². The summed E-state index contributed by atoms with van der Waals surface area (Å²) in [7, 11) is 0. The van der Waals surface area contributed by atoms with Gasteiger partial charge in [0.1, 0.15) is 0 Å². The molecule has 27 heavy (non-hydrogen) atoms. The van der Waals surface area contributed by atoms with Crippen LogP contribution in [0.15, 0.2) is 24.3 Å². The first-order chi connectivity index (χ1) is 12.7. The first-order valence-corrected chi connectivity index (χ1v) is 10.00. The van der Waals surface area contributed by atoms with Gasteiger partial charge in [0, 0.05) is 12.0 Å². The van der Waals surface area contributed by atoms with E-state index in [2.05, 4.69) is 49.9 Å². The van der Waals surface area contributed by atoms with E-state index in [1.807, 2.05) is 26.0 Å². The van der Waals surface area contributed by atoms with E-state index in [4.69, 9.17) is 4.74 Å². The fraction of sp³-hybridized carbons (Fsp3) is 0.591. The monoisotopic (exact) mass is 371 g/mol. The Morgan fingerprint density at radius 2 is 1.78 bits per heavy atom. The van der Waals surface area contributed by atoms with Crippen LogP contribution in [0.1, 0.15) is 84.0 Å². The van der Waals surface area contributed by atoms with Gasteiger partial charge in [0.05, 0.1) is 6.10 Å². The summed E-state index contributed by atoms with van der Waals surface area (Å²) in [6.45, 7) is 12.5. The number of benzene rings is 1. The van der Waals surface area contributed by atoms with E-state index in [0.717, 1.165) is 31.2 Å². The Balaban J connectivity index is 2.30. The van der Waals surface area contributed by atoms with Gasteiger partial charge in [-0.25, -0.2) is 0 Å². The van der Waals surface area contributed by atoms with Crippen LogP contribution in [-0.2, 0) is 5.41 Å². The van der Waals surface area contributed by atoms with Crippen LogP contribution in [-0.4, -0.2) is 26.8 Å². The van der Waals surface area contributed by atoms with Gasteiger partial charge >= 0.3 is 6.01 Å². The zero-order valence-corrected chi connectivity index (χ0v) is 17.6. The highest BCUT2D eigenvalue weighted by Gasteiger charge is 2.20. The van der Waals surface area contributed by atoms with Gasteiger partial charge in [-0.2, -0.15) is 9.67 Å². The summed E-state index contributed by atoms with van der Waals surface area (Å²) in [5.41, 5.74) is 2.19. The molecular formula is C22H33N3O2. The average molecular weight is 372 g/mol. The fourth-order valence-electron chi connectivity index (χ4n) is 2.84. The third kappa shape index (κ3) is 5.91. The quantitative estimate of drug-likeness (QED) is 0.563. The molecule has 1 aromatic heterocycles. The minimum absolute atomic E-state index is 0.0351. The number of unbranched alkanes of at least 4 members (excludes halogenated alkanes) is 3. The van der Waals surface area contributed by atoms with Crippen molar-refractivity contribution < 1.29 is 9.53 Å². The van der Waals surface area contributed by atoms with Crippen molar-refractivity contribution in [2.45, 2.75) is 85.2 Å². The van der Waals surface area contributed by atoms with Crippen LogP contribution >= 0.6 is 0 Å². The van der Waals surface area contributed by atoms with Crippen LogP contribution in [0, 0.1) is 0 Å². The maximum atomic E-state index is 12.7. The molecular weight excluding hydrogens is 338 g/mol. The van der Waals surface area contributed by atoms with E-state index in [1.54, 1.807) is 0 Å². The van der Waals surface area contributed by atoms with Crippen molar-refractivity contribution in [1.29, 1.82) is 0 Å². The van der Waals surface area contributed by atoms with Gasteiger partial charge in [-0.05, 0) is 31.2 Å². The smallest absolute Gasteiger partial charge is 0.336 e. The van der Waals surface area contributed by atoms with Crippen molar-refractivity contribution in [3.05, 3.63) is 29.8 Å². The van der Waals surface area contributed by atoms with Crippen LogP contribution in [0.25, 0.3) is 11.4 Å². The molecule has 2 rings (SSSR count). The molecule has 0 amide bonds. The summed E-state index contributed by atoms with van der Waals surface area (Å²) in [5.74, 6) is 0.513. The van der Waals surface area contributed by atoms with Crippen molar-refractivity contribution in [3.8, 4) is 17.4 Å². The first kappa shape index (κ1) is 21.1. The summed E-state index contributed by atoms with van der Waals surface area (Å²) in [6, 6.07) is 8.43. The summed E-state index contributed by atoms with van der Waals surface area (Å²) < 4.78 is 7.05. The van der Waals surface area contributed by atoms with Gasteiger partial charge in [0.25, 0.3) is 0 Å². The molecule has 0 bridgehead atoms. The molecule has 1 aromatic carbocycles. The van der Waals surface area contributed by atoms with E-state index >= 15 is 0 Å². The number of ether oxygens (including phenoxy) is 1. The predicted octanol–water partition coefficient (Wildman–Crippen LogP) is 5.64. The third-order valence-electron chi connectivity index (χ3n) is 4.42. The van der Waals surface area contributed by atoms with Crippen LogP contribution in [0.3, 0.4) is 0 Å². The Hall–Kier alpha value is -2.17. The van der Waals surface area contributed by atoms with Gasteiger partial charge in [-0.1, -0.05) is 71.2 Å². The van der Waals surface area contributed by atoms with E-state index in [-0.39, 0.29) is 23.4 Å². The maximum Gasteiger partial charge on any atom is 0.336 e. The highest BCUT2D eigenvalue weighted by molar-refractivity contribution is 5.82. The minimum atomic E-state index is -0.0448. The lowest BCUT2D eigenvalue weighted by molar-refractivity contribution is 0.0881. The van der Waals surface area contributed by atoms with Gasteiger partial charge in [-0.15, -0.1) is 5.10 Å². The number of hydrogen-bond donors (Lipinski definition) is 0. The van der Waals surface area contributed by atoms with Crippen molar-refractivity contribution in [1.82, 2.24) is 14.8 Å². The number of rotatable bonds is 8. The predicted molar refractivity (Wildman–Crippen MR) is 109 cm³/mol. The highest BCUT2D eigenvalue weighted by Crippen LogP contribution is 2.26. The SMILES string of the molecule is CCCCCCC(=O)n1nc(OC(C)C)nc1-c1ccc(C(C)(C)C)cc1. The van der Waals surface area contributed by atoms with E-state index < -0.39 is 0 Å². The Kier molecular flexibility index (Phi) is 7.17. The lowest BCUT2D eigenvalue weighted by Crippen LogP contribution is -2.14. The molecule has 1 heterocycles. The first-order valence-electron chi connectivity index (χ1n) is 10.00. The molecule has 0 fully saturated rings. The normalized spacial score (nSPS) is 11.8. The number of hydrogen-bond acceptors (Lipinski definition) is 4. The molecule has 0 spiro atoms. The molecule has 0 N–H and O–H groups in total. The van der Waals surface area contributed by atoms with Crippen molar-refractivity contribution in [2.75, 3.05) is 0 Å². The zero-order valence-electron chi connectivity index (χ0n) is 17.6. The molecule has 0 aliphatic heterocycles. The van der Waals surface area contributed by atoms with E-state index in [0.29, 0.717) is 12.2 Å². The van der Waals surface area contributed by atoms with Crippen molar-refractivity contribution >= 4 is 5.91 Å². The minimum Gasteiger partial charge on any atom is -0.460 e. The fourth-order valence-corrected chi connectivity index (χ4v) is 2.84. The second-order valence-electron chi connectivity index (χ2n) is 8.33. The molecule has 0 saturated carbocycles. The van der Waals surface area contributed by atoms with Crippen LogP contribution in [0.2, 0.25) is 0 Å². The molecule has 0 saturated heterocycles. The van der Waals surface area contributed by atoms with Gasteiger partial charge < -0.3 is 4.74 Å². The molecule has 0 unspecified atom stereocenters. The second kappa shape index (κ2) is 9.16. The molecule has 5 heteroatoms. The lowest BCUT2D eigenvalue weighted by Gasteiger charge is -2.19. The van der Waals surface area contributed by atoms with E-state index in [9.17, 15) is 4.79 Å². The summed E-state index contributed by atoms with van der Waals surface area (Å²) in [4.78, 5) is 17.2. The summed E-state index contributed by atoms with van der Waals surface area (Å²) in [5, 5.41) is 4.33.